The zero-order valence-corrected chi connectivity index (χ0v) is 21.6. The summed E-state index contributed by atoms with van der Waals surface area (Å²) in [5.41, 5.74) is 12.5. The Morgan fingerprint density at radius 2 is 0.909 bits per heavy atom. The SMILES string of the molecule is NC1CCC(C2CCC(N)CC2C(Br)(Br)Br)C(C(Br)(Br)Br)C1. The maximum absolute atomic E-state index is 6.25. The number of alkyl halides is 6. The summed E-state index contributed by atoms with van der Waals surface area (Å²) in [6, 6.07) is 0.582. The van der Waals surface area contributed by atoms with Crippen molar-refractivity contribution in [2.45, 2.75) is 54.9 Å². The highest BCUT2D eigenvalue weighted by molar-refractivity contribution is 9.39. The van der Waals surface area contributed by atoms with Crippen molar-refractivity contribution in [2.75, 3.05) is 0 Å². The van der Waals surface area contributed by atoms with Gasteiger partial charge in [0.05, 0.1) is 0 Å². The van der Waals surface area contributed by atoms with Crippen LogP contribution in [-0.2, 0) is 0 Å². The molecule has 2 fully saturated rings. The predicted molar refractivity (Wildman–Crippen MR) is 117 cm³/mol. The van der Waals surface area contributed by atoms with Gasteiger partial charge in [-0.05, 0) is 62.2 Å². The lowest BCUT2D eigenvalue weighted by atomic mass is 9.63. The molecule has 0 radical (unpaired) electrons. The molecule has 0 heterocycles. The maximum Gasteiger partial charge on any atom is 0.138 e. The van der Waals surface area contributed by atoms with Crippen LogP contribution in [0.15, 0.2) is 0 Å². The molecule has 0 bridgehead atoms. The molecule has 6 unspecified atom stereocenters. The van der Waals surface area contributed by atoms with Crippen molar-refractivity contribution in [1.82, 2.24) is 0 Å². The highest BCUT2D eigenvalue weighted by atomic mass is 80.0. The fourth-order valence-electron chi connectivity index (χ4n) is 4.23. The Hall–Kier alpha value is 2.80. The van der Waals surface area contributed by atoms with E-state index in [1.165, 1.54) is 12.8 Å². The Morgan fingerprint density at radius 3 is 1.18 bits per heavy atom. The van der Waals surface area contributed by atoms with Crippen LogP contribution in [0.25, 0.3) is 0 Å². The van der Waals surface area contributed by atoms with Gasteiger partial charge < -0.3 is 11.5 Å². The van der Waals surface area contributed by atoms with Gasteiger partial charge in [0, 0.05) is 12.1 Å². The molecule has 0 saturated heterocycles. The molecule has 0 aromatic rings. The molecule has 2 saturated carbocycles. The highest BCUT2D eigenvalue weighted by Gasteiger charge is 2.50. The van der Waals surface area contributed by atoms with Gasteiger partial charge in [0.15, 0.2) is 0 Å². The number of hydrogen-bond donors (Lipinski definition) is 2. The quantitative estimate of drug-likeness (QED) is 0.323. The maximum atomic E-state index is 6.25. The minimum atomic E-state index is -0.243. The number of hydrogen-bond acceptors (Lipinski definition) is 2. The van der Waals surface area contributed by atoms with Crippen LogP contribution in [-0.4, -0.2) is 16.4 Å². The van der Waals surface area contributed by atoms with Gasteiger partial charge in [-0.15, -0.1) is 0 Å². The van der Waals surface area contributed by atoms with Crippen molar-refractivity contribution >= 4 is 95.6 Å². The topological polar surface area (TPSA) is 52.0 Å². The van der Waals surface area contributed by atoms with E-state index < -0.39 is 0 Å². The van der Waals surface area contributed by atoms with Crippen LogP contribution in [0, 0.1) is 23.7 Å². The van der Waals surface area contributed by atoms with E-state index in [1.807, 2.05) is 0 Å². The Morgan fingerprint density at radius 1 is 0.591 bits per heavy atom. The molecule has 0 aromatic heterocycles. The molecule has 4 N–H and O–H groups in total. The van der Waals surface area contributed by atoms with Crippen molar-refractivity contribution in [2.24, 2.45) is 35.1 Å². The summed E-state index contributed by atoms with van der Waals surface area (Å²) in [6.07, 6.45) is 6.63. The van der Waals surface area contributed by atoms with E-state index in [4.69, 9.17) is 11.5 Å². The van der Waals surface area contributed by atoms with Gasteiger partial charge in [0.1, 0.15) is 4.29 Å². The van der Waals surface area contributed by atoms with Crippen LogP contribution in [0.1, 0.15) is 38.5 Å². The zero-order valence-electron chi connectivity index (χ0n) is 12.1. The first-order chi connectivity index (χ1) is 10.00. The Balaban J connectivity index is 2.25. The first-order valence-corrected chi connectivity index (χ1v) is 12.4. The lowest BCUT2D eigenvalue weighted by molar-refractivity contribution is 0.0800. The summed E-state index contributed by atoms with van der Waals surface area (Å²) in [5, 5.41) is 0. The van der Waals surface area contributed by atoms with Crippen molar-refractivity contribution < 1.29 is 0 Å². The van der Waals surface area contributed by atoms with Gasteiger partial charge in [-0.25, -0.2) is 0 Å². The summed E-state index contributed by atoms with van der Waals surface area (Å²) >= 11 is 22.6. The van der Waals surface area contributed by atoms with Crippen molar-refractivity contribution in [3.8, 4) is 0 Å². The summed E-state index contributed by atoms with van der Waals surface area (Å²) in [4.78, 5) is 0. The molecule has 2 aliphatic carbocycles. The van der Waals surface area contributed by atoms with Gasteiger partial charge in [-0.1, -0.05) is 95.6 Å². The minimum Gasteiger partial charge on any atom is -0.328 e. The van der Waals surface area contributed by atoms with E-state index in [0.29, 0.717) is 35.8 Å². The van der Waals surface area contributed by atoms with Crippen LogP contribution in [0.4, 0.5) is 0 Å². The Kier molecular flexibility index (Phi) is 7.88. The average Bonchev–Trinajstić information content (AvgIpc) is 2.37. The standard InChI is InChI=1S/C14H22Br6N2/c15-13(16,17)11-5-7(21)1-3-9(11)10-4-2-8(22)6-12(10)14(18,19)20/h7-12H,1-6,21-22H2. The second kappa shape index (κ2) is 8.22. The number of halogens is 6. The average molecular weight is 698 g/mol. The van der Waals surface area contributed by atoms with E-state index >= 15 is 0 Å². The molecule has 2 aliphatic rings. The first kappa shape index (κ1) is 21.1. The van der Waals surface area contributed by atoms with Gasteiger partial charge in [0.25, 0.3) is 0 Å². The van der Waals surface area contributed by atoms with Gasteiger partial charge >= 0.3 is 0 Å². The van der Waals surface area contributed by atoms with Crippen LogP contribution in [0.3, 0.4) is 0 Å². The number of rotatable bonds is 1. The first-order valence-electron chi connectivity index (χ1n) is 7.64. The lowest BCUT2D eigenvalue weighted by Crippen LogP contribution is -2.48. The van der Waals surface area contributed by atoms with Crippen LogP contribution in [0.5, 0.6) is 0 Å². The zero-order chi connectivity index (χ0) is 16.7. The molecular weight excluding hydrogens is 676 g/mol. The molecule has 0 amide bonds. The predicted octanol–water partition coefficient (Wildman–Crippen LogP) is 6.15. The number of nitrogens with two attached hydrogens (primary N) is 2. The van der Waals surface area contributed by atoms with Crippen molar-refractivity contribution in [1.29, 1.82) is 0 Å². The monoisotopic (exact) mass is 692 g/mol. The van der Waals surface area contributed by atoms with E-state index in [2.05, 4.69) is 95.6 Å². The molecule has 8 heteroatoms. The minimum absolute atomic E-state index is 0.243. The molecule has 22 heavy (non-hydrogen) atoms. The summed E-state index contributed by atoms with van der Waals surface area (Å²) in [6.45, 7) is 0. The molecule has 0 aromatic carbocycles. The second-order valence-corrected chi connectivity index (χ2v) is 20.7. The van der Waals surface area contributed by atoms with Gasteiger partial charge in [0.2, 0.25) is 0 Å². The largest absolute Gasteiger partial charge is 0.328 e. The normalized spacial score (nSPS) is 41.5. The molecule has 6 atom stereocenters. The molecular formula is C14H22Br6N2. The van der Waals surface area contributed by atoms with E-state index in [9.17, 15) is 0 Å². The van der Waals surface area contributed by atoms with Gasteiger partial charge in [-0.3, -0.25) is 0 Å². The fraction of sp³-hybridized carbons (Fsp3) is 1.00. The molecule has 0 aliphatic heterocycles. The van der Waals surface area contributed by atoms with Crippen LogP contribution >= 0.6 is 95.6 Å². The lowest BCUT2D eigenvalue weighted by Gasteiger charge is -2.49. The summed E-state index contributed by atoms with van der Waals surface area (Å²) in [5.74, 6) is 2.13. The van der Waals surface area contributed by atoms with Crippen molar-refractivity contribution in [3.63, 3.8) is 0 Å². The highest BCUT2D eigenvalue weighted by Crippen LogP contribution is 2.58. The smallest absolute Gasteiger partial charge is 0.138 e. The molecule has 130 valence electrons. The van der Waals surface area contributed by atoms with E-state index in [1.54, 1.807) is 0 Å². The summed E-state index contributed by atoms with van der Waals surface area (Å²) < 4.78 is -0.485. The van der Waals surface area contributed by atoms with Crippen LogP contribution in [0.2, 0.25) is 0 Å². The third-order valence-electron chi connectivity index (χ3n) is 5.28. The molecule has 0 spiro atoms. The van der Waals surface area contributed by atoms with Crippen molar-refractivity contribution in [3.05, 3.63) is 0 Å². The molecule has 2 rings (SSSR count). The molecule has 2 nitrogen and oxygen atoms in total. The Labute approximate surface area is 183 Å². The van der Waals surface area contributed by atoms with Crippen LogP contribution < -0.4 is 11.5 Å². The Bertz CT molecular complexity index is 345. The summed E-state index contributed by atoms with van der Waals surface area (Å²) in [7, 11) is 0. The fourth-order valence-corrected chi connectivity index (χ4v) is 7.39. The second-order valence-electron chi connectivity index (χ2n) is 6.77. The van der Waals surface area contributed by atoms with E-state index in [0.717, 1.165) is 25.7 Å². The third-order valence-corrected chi connectivity index (χ3v) is 8.81. The third kappa shape index (κ3) is 5.40. The van der Waals surface area contributed by atoms with Gasteiger partial charge in [-0.2, -0.15) is 0 Å². The van der Waals surface area contributed by atoms with E-state index in [-0.39, 0.29) is 4.29 Å².